The number of aryl methyl sites for hydroxylation is 1. The molecule has 0 saturated carbocycles. The third-order valence-corrected chi connectivity index (χ3v) is 4.28. The molecule has 0 aliphatic rings. The van der Waals surface area contributed by atoms with Gasteiger partial charge in [-0.2, -0.15) is 0 Å². The second-order valence-electron chi connectivity index (χ2n) is 5.10. The Balaban J connectivity index is 0.00000109. The minimum absolute atomic E-state index is 0.177. The van der Waals surface area contributed by atoms with Crippen molar-refractivity contribution in [3.63, 3.8) is 0 Å². The molecule has 0 unspecified atom stereocenters. The second kappa shape index (κ2) is 9.79. The van der Waals surface area contributed by atoms with Crippen molar-refractivity contribution >= 4 is 38.9 Å². The van der Waals surface area contributed by atoms with Gasteiger partial charge in [0, 0.05) is 22.9 Å². The van der Waals surface area contributed by atoms with Gasteiger partial charge < -0.3 is 10.1 Å². The second-order valence-corrected chi connectivity index (χ2v) is 5.96. The first kappa shape index (κ1) is 18.9. The standard InChI is InChI=1S/C18H18N2O2S.C2H6/c1-2-22-17(21)11-10-14-12-23-18(19-14)20-16-9-5-7-13-6-3-4-8-15(13)16;1-2/h3-9,12H,2,10-11H2,1H3,(H,19,20);1-2H3. The summed E-state index contributed by atoms with van der Waals surface area (Å²) in [5.74, 6) is -0.177. The van der Waals surface area contributed by atoms with E-state index in [1.54, 1.807) is 11.3 Å². The van der Waals surface area contributed by atoms with Gasteiger partial charge >= 0.3 is 5.97 Å². The Morgan fingerprint density at radius 2 is 1.92 bits per heavy atom. The highest BCUT2D eigenvalue weighted by Gasteiger charge is 2.08. The van der Waals surface area contributed by atoms with Crippen LogP contribution in [0.1, 0.15) is 32.9 Å². The maximum atomic E-state index is 11.4. The lowest BCUT2D eigenvalue weighted by Gasteiger charge is -2.06. The highest BCUT2D eigenvalue weighted by Crippen LogP contribution is 2.28. The van der Waals surface area contributed by atoms with Gasteiger partial charge in [0.15, 0.2) is 5.13 Å². The Labute approximate surface area is 152 Å². The van der Waals surface area contributed by atoms with Crippen LogP contribution in [-0.4, -0.2) is 17.6 Å². The molecule has 1 N–H and O–H groups in total. The number of hydrogen-bond donors (Lipinski definition) is 1. The minimum Gasteiger partial charge on any atom is -0.466 e. The molecule has 25 heavy (non-hydrogen) atoms. The van der Waals surface area contributed by atoms with E-state index >= 15 is 0 Å². The summed E-state index contributed by atoms with van der Waals surface area (Å²) in [5.41, 5.74) is 1.94. The summed E-state index contributed by atoms with van der Waals surface area (Å²) in [4.78, 5) is 15.9. The zero-order chi connectivity index (χ0) is 18.1. The molecule has 0 fully saturated rings. The predicted octanol–water partition coefficient (Wildman–Crippen LogP) is 5.56. The largest absolute Gasteiger partial charge is 0.466 e. The van der Waals surface area contributed by atoms with Gasteiger partial charge in [0.2, 0.25) is 0 Å². The van der Waals surface area contributed by atoms with Gasteiger partial charge in [0.1, 0.15) is 0 Å². The molecule has 0 saturated heterocycles. The number of hydrogen-bond acceptors (Lipinski definition) is 5. The first-order valence-electron chi connectivity index (χ1n) is 8.61. The van der Waals surface area contributed by atoms with Gasteiger partial charge in [-0.15, -0.1) is 11.3 Å². The van der Waals surface area contributed by atoms with E-state index in [1.807, 2.05) is 50.4 Å². The van der Waals surface area contributed by atoms with Gasteiger partial charge in [0.05, 0.1) is 18.7 Å². The van der Waals surface area contributed by atoms with Gasteiger partial charge in [0.25, 0.3) is 0 Å². The number of aromatic nitrogens is 1. The van der Waals surface area contributed by atoms with Crippen molar-refractivity contribution in [1.82, 2.24) is 4.98 Å². The Kier molecular flexibility index (Phi) is 7.41. The van der Waals surface area contributed by atoms with Gasteiger partial charge in [-0.25, -0.2) is 4.98 Å². The number of nitrogens with zero attached hydrogens (tertiary/aromatic N) is 1. The molecule has 1 aromatic heterocycles. The van der Waals surface area contributed by atoms with Crippen molar-refractivity contribution in [3.8, 4) is 0 Å². The number of esters is 1. The summed E-state index contributed by atoms with van der Waals surface area (Å²) in [6.45, 7) is 6.23. The van der Waals surface area contributed by atoms with Crippen LogP contribution in [0.5, 0.6) is 0 Å². The molecule has 3 rings (SSSR count). The Morgan fingerprint density at radius 1 is 1.16 bits per heavy atom. The number of thiazole rings is 1. The minimum atomic E-state index is -0.177. The van der Waals surface area contributed by atoms with Gasteiger partial charge in [-0.3, -0.25) is 4.79 Å². The number of rotatable bonds is 6. The lowest BCUT2D eigenvalue weighted by atomic mass is 10.1. The summed E-state index contributed by atoms with van der Waals surface area (Å²) >= 11 is 1.54. The van der Waals surface area contributed by atoms with Crippen molar-refractivity contribution in [1.29, 1.82) is 0 Å². The maximum absolute atomic E-state index is 11.4. The maximum Gasteiger partial charge on any atom is 0.306 e. The highest BCUT2D eigenvalue weighted by molar-refractivity contribution is 7.13. The van der Waals surface area contributed by atoms with Crippen LogP contribution in [0.25, 0.3) is 10.8 Å². The predicted molar refractivity (Wildman–Crippen MR) is 106 cm³/mol. The zero-order valence-electron chi connectivity index (χ0n) is 14.9. The fourth-order valence-electron chi connectivity index (χ4n) is 2.39. The lowest BCUT2D eigenvalue weighted by Crippen LogP contribution is -2.05. The van der Waals surface area contributed by atoms with Crippen LogP contribution in [0, 0.1) is 0 Å². The quantitative estimate of drug-likeness (QED) is 0.587. The molecule has 0 aliphatic heterocycles. The third-order valence-electron chi connectivity index (χ3n) is 3.47. The average Bonchev–Trinajstić information content (AvgIpc) is 3.10. The topological polar surface area (TPSA) is 51.2 Å². The number of benzene rings is 2. The molecule has 1 heterocycles. The Morgan fingerprint density at radius 3 is 2.72 bits per heavy atom. The molecular formula is C20H24N2O2S. The average molecular weight is 356 g/mol. The SMILES string of the molecule is CC.CCOC(=O)CCc1csc(Nc2cccc3ccccc23)n1. The summed E-state index contributed by atoms with van der Waals surface area (Å²) < 4.78 is 4.94. The van der Waals surface area contributed by atoms with E-state index in [9.17, 15) is 4.79 Å². The van der Waals surface area contributed by atoms with Crippen LogP contribution >= 0.6 is 11.3 Å². The van der Waals surface area contributed by atoms with E-state index in [0.29, 0.717) is 19.4 Å². The Bertz CT molecular complexity index is 809. The van der Waals surface area contributed by atoms with Crippen LogP contribution < -0.4 is 5.32 Å². The van der Waals surface area contributed by atoms with Gasteiger partial charge in [-0.05, 0) is 18.4 Å². The molecular weight excluding hydrogens is 332 g/mol. The third kappa shape index (κ3) is 5.29. The van der Waals surface area contributed by atoms with Crippen molar-refractivity contribution in [2.45, 2.75) is 33.6 Å². The molecule has 3 aromatic rings. The van der Waals surface area contributed by atoms with Crippen molar-refractivity contribution < 1.29 is 9.53 Å². The van der Waals surface area contributed by atoms with Crippen LogP contribution in [0.3, 0.4) is 0 Å². The van der Waals surface area contributed by atoms with Crippen LogP contribution in [0.15, 0.2) is 47.8 Å². The van der Waals surface area contributed by atoms with E-state index < -0.39 is 0 Å². The van der Waals surface area contributed by atoms with Crippen molar-refractivity contribution in [2.75, 3.05) is 11.9 Å². The number of nitrogens with one attached hydrogen (secondary N) is 1. The van der Waals surface area contributed by atoms with E-state index in [-0.39, 0.29) is 5.97 Å². The van der Waals surface area contributed by atoms with Gasteiger partial charge in [-0.1, -0.05) is 50.2 Å². The Hall–Kier alpha value is -2.40. The summed E-state index contributed by atoms with van der Waals surface area (Å²) in [5, 5.41) is 8.54. The molecule has 4 nitrogen and oxygen atoms in total. The number of ether oxygens (including phenoxy) is 1. The van der Waals surface area contributed by atoms with Crippen molar-refractivity contribution in [2.24, 2.45) is 0 Å². The molecule has 5 heteroatoms. The summed E-state index contributed by atoms with van der Waals surface area (Å²) in [7, 11) is 0. The molecule has 0 spiro atoms. The normalized spacial score (nSPS) is 10.0. The van der Waals surface area contributed by atoms with Crippen LogP contribution in [-0.2, 0) is 16.0 Å². The smallest absolute Gasteiger partial charge is 0.306 e. The number of anilines is 2. The van der Waals surface area contributed by atoms with E-state index in [1.165, 1.54) is 10.8 Å². The van der Waals surface area contributed by atoms with E-state index in [0.717, 1.165) is 16.5 Å². The fourth-order valence-corrected chi connectivity index (χ4v) is 3.15. The summed E-state index contributed by atoms with van der Waals surface area (Å²) in [6.07, 6.45) is 0.970. The van der Waals surface area contributed by atoms with Crippen molar-refractivity contribution in [3.05, 3.63) is 53.5 Å². The fraction of sp³-hybridized carbons (Fsp3) is 0.300. The number of carbonyl (C=O) groups excluding carboxylic acids is 1. The van der Waals surface area contributed by atoms with Crippen LogP contribution in [0.2, 0.25) is 0 Å². The lowest BCUT2D eigenvalue weighted by molar-refractivity contribution is -0.143. The first-order chi connectivity index (χ1) is 12.3. The number of fused-ring (bicyclic) bond motifs is 1. The monoisotopic (exact) mass is 356 g/mol. The molecule has 0 amide bonds. The van der Waals surface area contributed by atoms with E-state index in [2.05, 4.69) is 28.5 Å². The highest BCUT2D eigenvalue weighted by atomic mass is 32.1. The number of carbonyl (C=O) groups is 1. The summed E-state index contributed by atoms with van der Waals surface area (Å²) in [6, 6.07) is 14.4. The molecule has 0 radical (unpaired) electrons. The molecule has 0 bridgehead atoms. The molecule has 0 atom stereocenters. The first-order valence-corrected chi connectivity index (χ1v) is 9.49. The molecule has 2 aromatic carbocycles. The molecule has 132 valence electrons. The zero-order valence-corrected chi connectivity index (χ0v) is 15.7. The van der Waals surface area contributed by atoms with Crippen LogP contribution in [0.4, 0.5) is 10.8 Å². The molecule has 0 aliphatic carbocycles. The van der Waals surface area contributed by atoms with E-state index in [4.69, 9.17) is 4.74 Å².